The molecular formula is C8H5ClFNO5. The van der Waals surface area contributed by atoms with Gasteiger partial charge in [0.1, 0.15) is 10.7 Å². The van der Waals surface area contributed by atoms with E-state index in [2.05, 4.69) is 14.5 Å². The van der Waals surface area contributed by atoms with Crippen molar-refractivity contribution in [3.8, 4) is 5.88 Å². The predicted molar refractivity (Wildman–Crippen MR) is 49.2 cm³/mol. The first-order chi connectivity index (χ1) is 7.45. The van der Waals surface area contributed by atoms with Crippen molar-refractivity contribution >= 4 is 23.7 Å². The maximum Gasteiger partial charge on any atom is 0.515 e. The summed E-state index contributed by atoms with van der Waals surface area (Å²) in [5.41, 5.74) is -0.751. The van der Waals surface area contributed by atoms with Crippen LogP contribution < -0.4 is 4.74 Å². The van der Waals surface area contributed by atoms with Crippen LogP contribution in [-0.2, 0) is 4.74 Å². The molecule has 0 saturated heterocycles. The maximum absolute atomic E-state index is 13.4. The topological polar surface area (TPSA) is 85.7 Å². The molecule has 0 bridgehead atoms. The second-order valence-corrected chi connectivity index (χ2v) is 2.86. The minimum atomic E-state index is -1.56. The maximum atomic E-state index is 13.4. The lowest BCUT2D eigenvalue weighted by Gasteiger charge is -2.05. The number of nitrogens with zero attached hydrogens (tertiary/aromatic N) is 1. The number of carbonyl (C=O) groups excluding carboxylic acids is 1. The third-order valence-corrected chi connectivity index (χ3v) is 1.67. The largest absolute Gasteiger partial charge is 0.515 e. The number of rotatable bonds is 2. The Hall–Kier alpha value is -1.89. The van der Waals surface area contributed by atoms with Crippen molar-refractivity contribution < 1.29 is 28.6 Å². The number of aromatic carboxylic acids is 1. The van der Waals surface area contributed by atoms with Crippen molar-refractivity contribution in [2.24, 2.45) is 0 Å². The number of aromatic nitrogens is 1. The molecule has 0 aliphatic carbocycles. The Morgan fingerprint density at radius 1 is 1.56 bits per heavy atom. The predicted octanol–water partition coefficient (Wildman–Crippen LogP) is 1.72. The molecule has 0 atom stereocenters. The standard InChI is InChI=1S/C8H5ClFNO5/c1-15-8(14)16-6-5(10)3(7(12)13)2-4(9)11-6/h2H,1H3,(H,12,13). The third kappa shape index (κ3) is 2.57. The summed E-state index contributed by atoms with van der Waals surface area (Å²) in [7, 11) is 1.00. The Kier molecular flexibility index (Phi) is 3.62. The zero-order valence-corrected chi connectivity index (χ0v) is 8.62. The van der Waals surface area contributed by atoms with E-state index in [4.69, 9.17) is 16.7 Å². The molecule has 0 saturated carbocycles. The van der Waals surface area contributed by atoms with E-state index in [1.165, 1.54) is 0 Å². The normalized spacial score (nSPS) is 9.69. The number of pyridine rings is 1. The molecule has 0 aliphatic rings. The molecule has 86 valence electrons. The van der Waals surface area contributed by atoms with Gasteiger partial charge in [0.2, 0.25) is 0 Å². The average Bonchev–Trinajstić information content (AvgIpc) is 2.22. The van der Waals surface area contributed by atoms with Crippen LogP contribution in [0.25, 0.3) is 0 Å². The monoisotopic (exact) mass is 249 g/mol. The van der Waals surface area contributed by atoms with Crippen molar-refractivity contribution in [2.75, 3.05) is 7.11 Å². The fraction of sp³-hybridized carbons (Fsp3) is 0.125. The minimum Gasteiger partial charge on any atom is -0.478 e. The van der Waals surface area contributed by atoms with Gasteiger partial charge in [-0.1, -0.05) is 11.6 Å². The molecule has 1 aromatic rings. The highest BCUT2D eigenvalue weighted by atomic mass is 35.5. The van der Waals surface area contributed by atoms with E-state index in [-0.39, 0.29) is 5.15 Å². The molecule has 1 N–H and O–H groups in total. The van der Waals surface area contributed by atoms with Crippen LogP contribution in [0, 0.1) is 5.82 Å². The number of carboxylic acid groups (broad SMARTS) is 1. The summed E-state index contributed by atoms with van der Waals surface area (Å²) < 4.78 is 21.7. The summed E-state index contributed by atoms with van der Waals surface area (Å²) in [5, 5.41) is 8.29. The van der Waals surface area contributed by atoms with Gasteiger partial charge in [-0.2, -0.15) is 4.98 Å². The van der Waals surface area contributed by atoms with E-state index in [9.17, 15) is 14.0 Å². The van der Waals surface area contributed by atoms with Crippen LogP contribution in [0.3, 0.4) is 0 Å². The molecule has 0 amide bonds. The van der Waals surface area contributed by atoms with Crippen LogP contribution in [0.2, 0.25) is 5.15 Å². The molecule has 0 spiro atoms. The number of hydrogen-bond acceptors (Lipinski definition) is 5. The Bertz CT molecular complexity index is 450. The first-order valence-corrected chi connectivity index (χ1v) is 4.18. The van der Waals surface area contributed by atoms with Gasteiger partial charge < -0.3 is 14.6 Å². The number of methoxy groups -OCH3 is 1. The van der Waals surface area contributed by atoms with Gasteiger partial charge in [-0.05, 0) is 6.07 Å². The lowest BCUT2D eigenvalue weighted by molar-refractivity contribution is 0.0688. The van der Waals surface area contributed by atoms with E-state index in [1.807, 2.05) is 0 Å². The van der Waals surface area contributed by atoms with Crippen molar-refractivity contribution in [1.82, 2.24) is 4.98 Å². The summed E-state index contributed by atoms with van der Waals surface area (Å²) in [6.45, 7) is 0. The molecule has 1 heterocycles. The molecule has 6 nitrogen and oxygen atoms in total. The molecule has 1 rings (SSSR count). The van der Waals surface area contributed by atoms with E-state index in [1.54, 1.807) is 0 Å². The Labute approximate surface area is 93.6 Å². The zero-order chi connectivity index (χ0) is 12.3. The summed E-state index contributed by atoms with van der Waals surface area (Å²) in [4.78, 5) is 24.6. The highest BCUT2D eigenvalue weighted by Crippen LogP contribution is 2.22. The lowest BCUT2D eigenvalue weighted by Crippen LogP contribution is -2.12. The first kappa shape index (κ1) is 12.2. The number of carboxylic acids is 1. The molecule has 0 aromatic carbocycles. The van der Waals surface area contributed by atoms with Gasteiger partial charge in [-0.25, -0.2) is 14.0 Å². The molecule has 0 unspecified atom stereocenters. The van der Waals surface area contributed by atoms with Gasteiger partial charge in [0.25, 0.3) is 5.88 Å². The second-order valence-electron chi connectivity index (χ2n) is 2.47. The van der Waals surface area contributed by atoms with Gasteiger partial charge in [0, 0.05) is 0 Å². The molecule has 0 aliphatic heterocycles. The highest BCUT2D eigenvalue weighted by Gasteiger charge is 2.20. The molecular weight excluding hydrogens is 245 g/mol. The fourth-order valence-corrected chi connectivity index (χ4v) is 1.01. The second kappa shape index (κ2) is 4.75. The molecule has 8 heteroatoms. The van der Waals surface area contributed by atoms with E-state index in [0.29, 0.717) is 0 Å². The van der Waals surface area contributed by atoms with Crippen molar-refractivity contribution in [3.63, 3.8) is 0 Å². The van der Waals surface area contributed by atoms with E-state index >= 15 is 0 Å². The van der Waals surface area contributed by atoms with Crippen molar-refractivity contribution in [2.45, 2.75) is 0 Å². The van der Waals surface area contributed by atoms with E-state index in [0.717, 1.165) is 13.2 Å². The summed E-state index contributed by atoms with van der Waals surface area (Å²) in [6, 6.07) is 0.795. The molecule has 0 radical (unpaired) electrons. The van der Waals surface area contributed by atoms with Crippen molar-refractivity contribution in [1.29, 1.82) is 0 Å². The fourth-order valence-electron chi connectivity index (χ4n) is 0.820. The first-order valence-electron chi connectivity index (χ1n) is 3.81. The lowest BCUT2D eigenvalue weighted by atomic mass is 10.2. The minimum absolute atomic E-state index is 0.322. The SMILES string of the molecule is COC(=O)Oc1nc(Cl)cc(C(=O)O)c1F. The summed E-state index contributed by atoms with van der Waals surface area (Å²) in [6.07, 6.45) is -1.23. The molecule has 1 aromatic heterocycles. The van der Waals surface area contributed by atoms with Gasteiger partial charge >= 0.3 is 12.1 Å². The number of carbonyl (C=O) groups is 2. The highest BCUT2D eigenvalue weighted by molar-refractivity contribution is 6.29. The Balaban J connectivity index is 3.19. The Morgan fingerprint density at radius 2 is 2.19 bits per heavy atom. The Morgan fingerprint density at radius 3 is 2.69 bits per heavy atom. The van der Waals surface area contributed by atoms with Crippen molar-refractivity contribution in [3.05, 3.63) is 22.6 Å². The molecule has 16 heavy (non-hydrogen) atoms. The van der Waals surface area contributed by atoms with Gasteiger partial charge in [-0.3, -0.25) is 0 Å². The quantitative estimate of drug-likeness (QED) is 0.634. The van der Waals surface area contributed by atoms with Crippen LogP contribution in [0.5, 0.6) is 5.88 Å². The molecule has 0 fully saturated rings. The van der Waals surface area contributed by atoms with Crippen LogP contribution in [-0.4, -0.2) is 29.3 Å². The van der Waals surface area contributed by atoms with Crippen LogP contribution >= 0.6 is 11.6 Å². The smallest absolute Gasteiger partial charge is 0.478 e. The number of ether oxygens (including phenoxy) is 2. The van der Waals surface area contributed by atoms with Crippen LogP contribution in [0.15, 0.2) is 6.07 Å². The van der Waals surface area contributed by atoms with Gasteiger partial charge in [-0.15, -0.1) is 0 Å². The number of halogens is 2. The summed E-state index contributed by atoms with van der Waals surface area (Å²) >= 11 is 5.42. The third-order valence-electron chi connectivity index (χ3n) is 1.47. The van der Waals surface area contributed by atoms with Gasteiger partial charge in [0.05, 0.1) is 7.11 Å². The summed E-state index contributed by atoms with van der Waals surface area (Å²) in [5.74, 6) is -3.71. The van der Waals surface area contributed by atoms with Crippen LogP contribution in [0.1, 0.15) is 10.4 Å². The van der Waals surface area contributed by atoms with E-state index < -0.39 is 29.4 Å². The van der Waals surface area contributed by atoms with Gasteiger partial charge in [0.15, 0.2) is 5.82 Å². The number of hydrogen-bond donors (Lipinski definition) is 1. The average molecular weight is 250 g/mol. The zero-order valence-electron chi connectivity index (χ0n) is 7.86. The van der Waals surface area contributed by atoms with Crippen LogP contribution in [0.4, 0.5) is 9.18 Å².